The van der Waals surface area contributed by atoms with Crippen molar-refractivity contribution in [2.75, 3.05) is 0 Å². The van der Waals surface area contributed by atoms with Gasteiger partial charge in [-0.15, -0.1) is 0 Å². The van der Waals surface area contributed by atoms with Crippen molar-refractivity contribution < 1.29 is 4.39 Å². The molecule has 0 unspecified atom stereocenters. The maximum absolute atomic E-state index is 13.5. The van der Waals surface area contributed by atoms with E-state index in [4.69, 9.17) is 0 Å². The van der Waals surface area contributed by atoms with Crippen molar-refractivity contribution in [1.29, 1.82) is 0 Å². The maximum Gasteiger partial charge on any atom is 0.129 e. The van der Waals surface area contributed by atoms with Crippen LogP contribution in [0.4, 0.5) is 4.39 Å². The van der Waals surface area contributed by atoms with Crippen molar-refractivity contribution in [3.63, 3.8) is 0 Å². The lowest BCUT2D eigenvalue weighted by Gasteiger charge is -2.05. The Hall–Kier alpha value is -0.200. The molecule has 1 aromatic heterocycles. The summed E-state index contributed by atoms with van der Waals surface area (Å²) in [7, 11) is 0. The number of aromatic nitrogens is 2. The molecule has 0 aliphatic rings. The quantitative estimate of drug-likeness (QED) is 0.716. The number of rotatable bonds is 2. The molecule has 84 valence electrons. The summed E-state index contributed by atoms with van der Waals surface area (Å²) in [5, 5.41) is 4.18. The number of halogens is 4. The first-order valence-electron chi connectivity index (χ1n) is 4.39. The van der Waals surface area contributed by atoms with Gasteiger partial charge in [0, 0.05) is 16.1 Å². The molecule has 0 atom stereocenters. The van der Waals surface area contributed by atoms with Crippen LogP contribution in [0.2, 0.25) is 0 Å². The van der Waals surface area contributed by atoms with E-state index in [0.29, 0.717) is 12.1 Å². The highest BCUT2D eigenvalue weighted by Crippen LogP contribution is 2.20. The van der Waals surface area contributed by atoms with Crippen LogP contribution in [0.15, 0.2) is 37.9 Å². The van der Waals surface area contributed by atoms with Crippen LogP contribution < -0.4 is 0 Å². The third-order valence-electron chi connectivity index (χ3n) is 2.03. The third-order valence-corrected chi connectivity index (χ3v) is 3.55. The zero-order valence-corrected chi connectivity index (χ0v) is 12.7. The Morgan fingerprint density at radius 3 is 2.56 bits per heavy atom. The Morgan fingerprint density at radius 2 is 1.94 bits per heavy atom. The normalized spacial score (nSPS) is 10.8. The molecule has 2 nitrogen and oxygen atoms in total. The van der Waals surface area contributed by atoms with Gasteiger partial charge in [0.05, 0.1) is 6.54 Å². The van der Waals surface area contributed by atoms with E-state index in [1.165, 1.54) is 6.07 Å². The fourth-order valence-corrected chi connectivity index (χ4v) is 2.85. The van der Waals surface area contributed by atoms with E-state index >= 15 is 0 Å². The van der Waals surface area contributed by atoms with Gasteiger partial charge in [-0.25, -0.2) is 4.39 Å². The van der Waals surface area contributed by atoms with Crippen LogP contribution in [0.1, 0.15) is 5.56 Å². The molecule has 2 rings (SSSR count). The topological polar surface area (TPSA) is 17.8 Å². The Kier molecular flexibility index (Phi) is 3.81. The smallest absolute Gasteiger partial charge is 0.129 e. The molecule has 0 fully saturated rings. The van der Waals surface area contributed by atoms with Crippen LogP contribution >= 0.6 is 47.8 Å². The van der Waals surface area contributed by atoms with Crippen LogP contribution in [0.25, 0.3) is 0 Å². The van der Waals surface area contributed by atoms with Crippen molar-refractivity contribution in [2.24, 2.45) is 0 Å². The molecule has 0 spiro atoms. The van der Waals surface area contributed by atoms with Gasteiger partial charge >= 0.3 is 0 Å². The second kappa shape index (κ2) is 4.98. The van der Waals surface area contributed by atoms with Crippen LogP contribution in [-0.2, 0) is 6.54 Å². The van der Waals surface area contributed by atoms with Crippen molar-refractivity contribution >= 4 is 47.8 Å². The number of hydrogen-bond acceptors (Lipinski definition) is 1. The summed E-state index contributed by atoms with van der Waals surface area (Å²) in [4.78, 5) is 0. The predicted molar refractivity (Wildman–Crippen MR) is 70.8 cm³/mol. The summed E-state index contributed by atoms with van der Waals surface area (Å²) in [6.45, 7) is 0.386. The average molecular weight is 413 g/mol. The molecule has 0 aliphatic heterocycles. The van der Waals surface area contributed by atoms with E-state index in [9.17, 15) is 4.39 Å². The standard InChI is InChI=1S/C10H6Br3FN2/c11-7-1-2-8(14)6(3-7)5-16-10(13)4-9(12)15-16/h1-4H,5H2. The van der Waals surface area contributed by atoms with Crippen molar-refractivity contribution in [2.45, 2.75) is 6.54 Å². The Labute approximate surface area is 117 Å². The highest BCUT2D eigenvalue weighted by molar-refractivity contribution is 9.11. The summed E-state index contributed by atoms with van der Waals surface area (Å²) in [6.07, 6.45) is 0. The summed E-state index contributed by atoms with van der Waals surface area (Å²) in [5.41, 5.74) is 0.589. The van der Waals surface area contributed by atoms with Gasteiger partial charge in [-0.1, -0.05) is 15.9 Å². The highest BCUT2D eigenvalue weighted by Gasteiger charge is 2.08. The molecule has 0 saturated carbocycles. The molecule has 16 heavy (non-hydrogen) atoms. The van der Waals surface area contributed by atoms with Gasteiger partial charge in [0.25, 0.3) is 0 Å². The first kappa shape index (κ1) is 12.3. The molecule has 0 aliphatic carbocycles. The van der Waals surface area contributed by atoms with E-state index in [2.05, 4.69) is 52.9 Å². The van der Waals surface area contributed by atoms with Crippen LogP contribution in [0.3, 0.4) is 0 Å². The third kappa shape index (κ3) is 2.73. The second-order valence-corrected chi connectivity index (χ2v) is 5.72. The molecule has 0 bridgehead atoms. The van der Waals surface area contributed by atoms with Gasteiger partial charge in [-0.2, -0.15) is 5.10 Å². The molecule has 1 heterocycles. The minimum absolute atomic E-state index is 0.235. The molecule has 1 aromatic carbocycles. The largest absolute Gasteiger partial charge is 0.253 e. The first-order chi connectivity index (χ1) is 7.56. The lowest BCUT2D eigenvalue weighted by molar-refractivity contribution is 0.580. The molecule has 0 N–H and O–H groups in total. The van der Waals surface area contributed by atoms with Crippen molar-refractivity contribution in [1.82, 2.24) is 9.78 Å². The number of nitrogens with zero attached hydrogens (tertiary/aromatic N) is 2. The van der Waals surface area contributed by atoms with Gasteiger partial charge in [-0.05, 0) is 50.1 Å². The number of benzene rings is 1. The van der Waals surface area contributed by atoms with Crippen LogP contribution in [0, 0.1) is 5.82 Å². The average Bonchev–Trinajstić information content (AvgIpc) is 2.51. The lowest BCUT2D eigenvalue weighted by atomic mass is 10.2. The van der Waals surface area contributed by atoms with E-state index in [0.717, 1.165) is 13.7 Å². The molecule has 0 amide bonds. The van der Waals surface area contributed by atoms with E-state index < -0.39 is 0 Å². The predicted octanol–water partition coefficient (Wildman–Crippen LogP) is 4.36. The Bertz CT molecular complexity index is 525. The molecular formula is C10H6Br3FN2. The number of hydrogen-bond donors (Lipinski definition) is 0. The molecular weight excluding hydrogens is 407 g/mol. The second-order valence-electron chi connectivity index (χ2n) is 3.18. The summed E-state index contributed by atoms with van der Waals surface area (Å²) in [5.74, 6) is -0.235. The molecule has 6 heteroatoms. The zero-order valence-electron chi connectivity index (χ0n) is 7.92. The van der Waals surface area contributed by atoms with Crippen LogP contribution in [0.5, 0.6) is 0 Å². The van der Waals surface area contributed by atoms with E-state index in [1.807, 2.05) is 6.07 Å². The van der Waals surface area contributed by atoms with Gasteiger partial charge < -0.3 is 0 Å². The summed E-state index contributed by atoms with van der Waals surface area (Å²) < 4.78 is 17.6. The van der Waals surface area contributed by atoms with Gasteiger partial charge in [0.2, 0.25) is 0 Å². The monoisotopic (exact) mass is 410 g/mol. The molecule has 2 aromatic rings. The van der Waals surface area contributed by atoms with Crippen LogP contribution in [-0.4, -0.2) is 9.78 Å². The van der Waals surface area contributed by atoms with Crippen molar-refractivity contribution in [3.05, 3.63) is 49.3 Å². The van der Waals surface area contributed by atoms with E-state index in [-0.39, 0.29) is 5.82 Å². The SMILES string of the molecule is Fc1ccc(Br)cc1Cn1nc(Br)cc1Br. The lowest BCUT2D eigenvalue weighted by Crippen LogP contribution is -2.04. The van der Waals surface area contributed by atoms with Crippen molar-refractivity contribution in [3.8, 4) is 0 Å². The summed E-state index contributed by atoms with van der Waals surface area (Å²) in [6, 6.07) is 6.67. The zero-order chi connectivity index (χ0) is 11.7. The Balaban J connectivity index is 2.33. The fraction of sp³-hybridized carbons (Fsp3) is 0.100. The van der Waals surface area contributed by atoms with E-state index in [1.54, 1.807) is 16.8 Å². The summed E-state index contributed by atoms with van der Waals surface area (Å²) >= 11 is 9.93. The molecule has 0 radical (unpaired) electrons. The Morgan fingerprint density at radius 1 is 1.19 bits per heavy atom. The first-order valence-corrected chi connectivity index (χ1v) is 6.77. The van der Waals surface area contributed by atoms with Gasteiger partial charge in [0.15, 0.2) is 0 Å². The minimum atomic E-state index is -0.235. The van der Waals surface area contributed by atoms with Gasteiger partial charge in [-0.3, -0.25) is 4.68 Å². The maximum atomic E-state index is 13.5. The highest BCUT2D eigenvalue weighted by atomic mass is 79.9. The van der Waals surface area contributed by atoms with Gasteiger partial charge in [0.1, 0.15) is 15.0 Å². The molecule has 0 saturated heterocycles. The fourth-order valence-electron chi connectivity index (χ4n) is 1.30. The minimum Gasteiger partial charge on any atom is -0.253 e.